The molecule has 4 rings (SSSR count). The number of nitrogens with zero attached hydrogens (tertiary/aromatic N) is 1. The summed E-state index contributed by atoms with van der Waals surface area (Å²) in [6.07, 6.45) is 1.63. The first-order valence-electron chi connectivity index (χ1n) is 9.58. The van der Waals surface area contributed by atoms with Crippen molar-refractivity contribution in [1.29, 1.82) is 0 Å². The van der Waals surface area contributed by atoms with Gasteiger partial charge in [0.25, 0.3) is 11.1 Å². The predicted molar refractivity (Wildman–Crippen MR) is 134 cm³/mol. The Bertz CT molecular complexity index is 1290. The highest BCUT2D eigenvalue weighted by molar-refractivity contribution is 9.10. The molecule has 0 unspecified atom stereocenters. The fourth-order valence-corrected chi connectivity index (χ4v) is 4.77. The van der Waals surface area contributed by atoms with Crippen molar-refractivity contribution in [2.45, 2.75) is 6.54 Å². The van der Waals surface area contributed by atoms with Crippen LogP contribution >= 0.6 is 50.9 Å². The maximum Gasteiger partial charge on any atom is 0.345 e. The van der Waals surface area contributed by atoms with Crippen molar-refractivity contribution in [2.24, 2.45) is 0 Å². The lowest BCUT2D eigenvalue weighted by Crippen LogP contribution is -2.27. The lowest BCUT2D eigenvalue weighted by molar-refractivity contribution is -0.123. The minimum Gasteiger partial charge on any atom is -0.423 e. The predicted octanol–water partition coefficient (Wildman–Crippen LogP) is 7.21. The van der Waals surface area contributed by atoms with Gasteiger partial charge in [-0.05, 0) is 65.4 Å². The van der Waals surface area contributed by atoms with Crippen molar-refractivity contribution < 1.29 is 19.1 Å². The molecule has 1 fully saturated rings. The topological polar surface area (TPSA) is 63.7 Å². The number of amides is 2. The van der Waals surface area contributed by atoms with Gasteiger partial charge in [0.1, 0.15) is 5.75 Å². The second kappa shape index (κ2) is 10.1. The van der Waals surface area contributed by atoms with Crippen LogP contribution in [0, 0.1) is 0 Å². The Kier molecular flexibility index (Phi) is 7.24. The fraction of sp³-hybridized carbons (Fsp3) is 0.0417. The summed E-state index contributed by atoms with van der Waals surface area (Å²) in [6, 6.07) is 18.5. The summed E-state index contributed by atoms with van der Waals surface area (Å²) in [5.74, 6) is -0.656. The number of rotatable bonds is 5. The van der Waals surface area contributed by atoms with E-state index in [0.717, 1.165) is 21.8 Å². The van der Waals surface area contributed by atoms with Crippen LogP contribution in [0.25, 0.3) is 6.08 Å². The van der Waals surface area contributed by atoms with Crippen molar-refractivity contribution in [3.63, 3.8) is 0 Å². The number of esters is 1. The minimum atomic E-state index is -0.613. The zero-order chi connectivity index (χ0) is 23.5. The highest BCUT2D eigenvalue weighted by Gasteiger charge is 2.35. The van der Waals surface area contributed by atoms with E-state index in [2.05, 4.69) is 15.9 Å². The first kappa shape index (κ1) is 23.6. The monoisotopic (exact) mass is 561 g/mol. The number of hydrogen-bond donors (Lipinski definition) is 0. The number of carbonyl (C=O) groups is 3. The maximum atomic E-state index is 12.8. The average molecular weight is 563 g/mol. The molecular weight excluding hydrogens is 549 g/mol. The molecule has 1 aliphatic rings. The van der Waals surface area contributed by atoms with E-state index >= 15 is 0 Å². The van der Waals surface area contributed by atoms with Gasteiger partial charge in [-0.1, -0.05) is 69.5 Å². The van der Waals surface area contributed by atoms with E-state index in [-0.39, 0.29) is 28.3 Å². The molecule has 9 heteroatoms. The smallest absolute Gasteiger partial charge is 0.345 e. The number of ether oxygens (including phenoxy) is 1. The first-order chi connectivity index (χ1) is 15.8. The zero-order valence-corrected chi connectivity index (χ0v) is 20.7. The summed E-state index contributed by atoms with van der Waals surface area (Å²) >= 11 is 16.2. The van der Waals surface area contributed by atoms with Crippen molar-refractivity contribution in [3.05, 3.63) is 103 Å². The van der Waals surface area contributed by atoms with Crippen LogP contribution in [-0.2, 0) is 11.3 Å². The van der Waals surface area contributed by atoms with Crippen LogP contribution in [0.1, 0.15) is 21.5 Å². The molecule has 0 bridgehead atoms. The summed E-state index contributed by atoms with van der Waals surface area (Å²) < 4.78 is 6.18. The molecule has 0 radical (unpaired) electrons. The molecule has 2 amide bonds. The van der Waals surface area contributed by atoms with Crippen LogP contribution in [-0.4, -0.2) is 22.0 Å². The third kappa shape index (κ3) is 5.50. The molecule has 0 atom stereocenters. The maximum absolute atomic E-state index is 12.8. The largest absolute Gasteiger partial charge is 0.423 e. The SMILES string of the molecule is O=C(Oc1ccc(/C=C2\SC(=O)N(Cc3ccccc3Br)C2=O)cc1)c1ccc(Cl)cc1Cl. The number of benzene rings is 3. The molecule has 0 spiro atoms. The number of carbonyl (C=O) groups excluding carboxylic acids is 3. The standard InChI is InChI=1S/C24H14BrCl2NO4S/c25-19-4-2-1-3-15(19)13-28-22(29)21(33-24(28)31)11-14-5-8-17(9-6-14)32-23(30)18-10-7-16(26)12-20(18)27/h1-12H,13H2/b21-11-. The van der Waals surface area contributed by atoms with Gasteiger partial charge in [-0.2, -0.15) is 0 Å². The first-order valence-corrected chi connectivity index (χ1v) is 11.9. The van der Waals surface area contributed by atoms with Gasteiger partial charge in [0.05, 0.1) is 22.0 Å². The second-order valence-electron chi connectivity index (χ2n) is 6.94. The molecule has 5 nitrogen and oxygen atoms in total. The van der Waals surface area contributed by atoms with Crippen molar-refractivity contribution in [2.75, 3.05) is 0 Å². The van der Waals surface area contributed by atoms with Gasteiger partial charge in [-0.25, -0.2) is 4.79 Å². The second-order valence-corrected chi connectivity index (χ2v) is 9.63. The van der Waals surface area contributed by atoms with E-state index in [1.807, 2.05) is 24.3 Å². The van der Waals surface area contributed by atoms with Crippen molar-refractivity contribution >= 4 is 74.1 Å². The van der Waals surface area contributed by atoms with Crippen molar-refractivity contribution in [1.82, 2.24) is 4.90 Å². The highest BCUT2D eigenvalue weighted by atomic mass is 79.9. The molecule has 1 heterocycles. The van der Waals surface area contributed by atoms with Crippen molar-refractivity contribution in [3.8, 4) is 5.75 Å². The Morgan fingerprint density at radius 1 is 1.03 bits per heavy atom. The quantitative estimate of drug-likeness (QED) is 0.187. The Morgan fingerprint density at radius 2 is 1.76 bits per heavy atom. The van der Waals surface area contributed by atoms with E-state index in [9.17, 15) is 14.4 Å². The highest BCUT2D eigenvalue weighted by Crippen LogP contribution is 2.34. The molecule has 0 aromatic heterocycles. The van der Waals surface area contributed by atoms with Crippen LogP contribution in [0.4, 0.5) is 4.79 Å². The number of halogens is 3. The molecule has 3 aromatic rings. The third-order valence-corrected chi connectivity index (χ3v) is 6.93. The molecule has 0 saturated carbocycles. The Hall–Kier alpha value is -2.58. The summed E-state index contributed by atoms with van der Waals surface area (Å²) in [4.78, 5) is 39.0. The van der Waals surface area contributed by atoms with E-state index in [1.165, 1.54) is 17.0 Å². The summed E-state index contributed by atoms with van der Waals surface area (Å²) in [7, 11) is 0. The molecule has 1 saturated heterocycles. The van der Waals surface area contributed by atoms with Gasteiger partial charge < -0.3 is 4.74 Å². The van der Waals surface area contributed by atoms with Crippen LogP contribution in [0.15, 0.2) is 76.1 Å². The lowest BCUT2D eigenvalue weighted by atomic mass is 10.2. The number of hydrogen-bond acceptors (Lipinski definition) is 5. The fourth-order valence-electron chi connectivity index (χ4n) is 3.03. The summed E-state index contributed by atoms with van der Waals surface area (Å²) in [5, 5.41) is 0.288. The van der Waals surface area contributed by atoms with E-state index < -0.39 is 5.97 Å². The van der Waals surface area contributed by atoms with Crippen LogP contribution < -0.4 is 4.74 Å². The molecule has 0 N–H and O–H groups in total. The molecule has 1 aliphatic heterocycles. The van der Waals surface area contributed by atoms with Crippen LogP contribution in [0.3, 0.4) is 0 Å². The molecular formula is C24H14BrCl2NO4S. The molecule has 33 heavy (non-hydrogen) atoms. The summed E-state index contributed by atoms with van der Waals surface area (Å²) in [5.41, 5.74) is 1.72. The van der Waals surface area contributed by atoms with Gasteiger partial charge in [-0.15, -0.1) is 0 Å². The Labute approximate surface area is 212 Å². The van der Waals surface area contributed by atoms with Gasteiger partial charge in [0, 0.05) is 9.50 Å². The van der Waals surface area contributed by atoms with E-state index in [0.29, 0.717) is 21.2 Å². The van der Waals surface area contributed by atoms with E-state index in [1.54, 1.807) is 36.4 Å². The number of imide groups is 1. The lowest BCUT2D eigenvalue weighted by Gasteiger charge is -2.13. The average Bonchev–Trinajstić information content (AvgIpc) is 3.03. The zero-order valence-electron chi connectivity index (χ0n) is 16.8. The van der Waals surface area contributed by atoms with Gasteiger partial charge in [-0.3, -0.25) is 14.5 Å². The van der Waals surface area contributed by atoms with Crippen LogP contribution in [0.2, 0.25) is 10.0 Å². The molecule has 3 aromatic carbocycles. The van der Waals surface area contributed by atoms with Gasteiger partial charge in [0.15, 0.2) is 0 Å². The Morgan fingerprint density at radius 3 is 2.45 bits per heavy atom. The van der Waals surface area contributed by atoms with E-state index in [4.69, 9.17) is 27.9 Å². The van der Waals surface area contributed by atoms with Gasteiger partial charge >= 0.3 is 5.97 Å². The third-order valence-electron chi connectivity index (χ3n) is 4.70. The Balaban J connectivity index is 1.45. The molecule has 0 aliphatic carbocycles. The van der Waals surface area contributed by atoms with Crippen LogP contribution in [0.5, 0.6) is 5.75 Å². The minimum absolute atomic E-state index is 0.186. The molecule has 166 valence electrons. The van der Waals surface area contributed by atoms with Gasteiger partial charge in [0.2, 0.25) is 0 Å². The summed E-state index contributed by atoms with van der Waals surface area (Å²) in [6.45, 7) is 0.186. The normalized spacial score (nSPS) is 14.8. The number of thioether (sulfide) groups is 1.